The van der Waals surface area contributed by atoms with E-state index in [1.165, 1.54) is 0 Å². The molecule has 0 fully saturated rings. The first-order chi connectivity index (χ1) is 4.41. The van der Waals surface area contributed by atoms with Crippen molar-refractivity contribution in [3.8, 4) is 0 Å². The zero-order valence-corrected chi connectivity index (χ0v) is 7.44. The number of aliphatic hydroxyl groups excluding tert-OH is 1. The second-order valence-corrected chi connectivity index (χ2v) is 3.59. The molecule has 1 unspecified atom stereocenters. The Kier molecular flexibility index (Phi) is 3.10. The molecule has 60 valence electrons. The highest BCUT2D eigenvalue weighted by molar-refractivity contribution is 5.02. The lowest BCUT2D eigenvalue weighted by Gasteiger charge is -2.29. The first-order valence-electron chi connectivity index (χ1n) is 3.75. The summed E-state index contributed by atoms with van der Waals surface area (Å²) >= 11 is 0. The Hall–Kier alpha value is -0.300. The fourth-order valence-corrected chi connectivity index (χ4v) is 0.860. The third-order valence-electron chi connectivity index (χ3n) is 2.12. The summed E-state index contributed by atoms with van der Waals surface area (Å²) in [6.45, 7) is 11.8. The van der Waals surface area contributed by atoms with Crippen molar-refractivity contribution in [2.24, 2.45) is 5.41 Å². The van der Waals surface area contributed by atoms with Crippen LogP contribution < -0.4 is 0 Å². The predicted octanol–water partition coefficient (Wildman–Crippen LogP) is 2.36. The van der Waals surface area contributed by atoms with Crippen molar-refractivity contribution in [3.05, 3.63) is 12.2 Å². The van der Waals surface area contributed by atoms with Gasteiger partial charge in [-0.25, -0.2) is 0 Å². The maximum Gasteiger partial charge on any atom is 0.0795 e. The molecule has 0 aliphatic rings. The molecule has 0 bridgehead atoms. The van der Waals surface area contributed by atoms with Gasteiger partial charge in [0.2, 0.25) is 0 Å². The van der Waals surface area contributed by atoms with E-state index < -0.39 is 0 Å². The minimum Gasteiger partial charge on any atom is -0.388 e. The Bertz CT molecular complexity index is 125. The Morgan fingerprint density at radius 3 is 2.10 bits per heavy atom. The highest BCUT2D eigenvalue weighted by Crippen LogP contribution is 2.28. The van der Waals surface area contributed by atoms with E-state index in [4.69, 9.17) is 0 Å². The molecule has 0 saturated heterocycles. The van der Waals surface area contributed by atoms with Gasteiger partial charge in [0.15, 0.2) is 0 Å². The molecule has 1 N–H and O–H groups in total. The van der Waals surface area contributed by atoms with Gasteiger partial charge in [0, 0.05) is 0 Å². The van der Waals surface area contributed by atoms with Crippen LogP contribution in [-0.2, 0) is 0 Å². The maximum absolute atomic E-state index is 9.55. The van der Waals surface area contributed by atoms with Crippen LogP contribution in [0.4, 0.5) is 0 Å². The van der Waals surface area contributed by atoms with Crippen molar-refractivity contribution in [3.63, 3.8) is 0 Å². The van der Waals surface area contributed by atoms with Crippen LogP contribution in [0.2, 0.25) is 0 Å². The summed E-state index contributed by atoms with van der Waals surface area (Å²) in [6, 6.07) is 0. The molecule has 0 aromatic carbocycles. The smallest absolute Gasteiger partial charge is 0.0795 e. The first kappa shape index (κ1) is 9.70. The fourth-order valence-electron chi connectivity index (χ4n) is 0.860. The summed E-state index contributed by atoms with van der Waals surface area (Å²) in [5.74, 6) is 0. The molecule has 0 heterocycles. The number of hydrogen-bond donors (Lipinski definition) is 1. The molecular weight excluding hydrogens is 124 g/mol. The lowest BCUT2D eigenvalue weighted by atomic mass is 9.81. The van der Waals surface area contributed by atoms with Gasteiger partial charge in [0.05, 0.1) is 6.10 Å². The molecule has 0 rings (SSSR count). The molecule has 0 amide bonds. The average molecular weight is 142 g/mol. The van der Waals surface area contributed by atoms with Gasteiger partial charge in [-0.2, -0.15) is 0 Å². The van der Waals surface area contributed by atoms with Crippen LogP contribution in [0.5, 0.6) is 0 Å². The molecule has 0 aromatic heterocycles. The molecule has 0 radical (unpaired) electrons. The van der Waals surface area contributed by atoms with E-state index >= 15 is 0 Å². The van der Waals surface area contributed by atoms with E-state index in [1.807, 2.05) is 20.8 Å². The van der Waals surface area contributed by atoms with Crippen LogP contribution in [0.1, 0.15) is 34.1 Å². The molecule has 0 spiro atoms. The van der Waals surface area contributed by atoms with E-state index in [-0.39, 0.29) is 11.5 Å². The molecule has 0 aromatic rings. The maximum atomic E-state index is 9.55. The second-order valence-electron chi connectivity index (χ2n) is 3.59. The molecule has 1 atom stereocenters. The van der Waals surface area contributed by atoms with Gasteiger partial charge in [0.25, 0.3) is 0 Å². The van der Waals surface area contributed by atoms with Gasteiger partial charge < -0.3 is 5.11 Å². The van der Waals surface area contributed by atoms with Crippen LogP contribution in [0.15, 0.2) is 12.2 Å². The average Bonchev–Trinajstić information content (AvgIpc) is 1.86. The number of aliphatic hydroxyl groups is 1. The second kappa shape index (κ2) is 3.20. The largest absolute Gasteiger partial charge is 0.388 e. The minimum absolute atomic E-state index is 0.0220. The summed E-state index contributed by atoms with van der Waals surface area (Å²) in [6.07, 6.45) is 0.610. The molecule has 0 aliphatic carbocycles. The van der Waals surface area contributed by atoms with E-state index in [0.717, 1.165) is 12.0 Å². The van der Waals surface area contributed by atoms with Crippen LogP contribution in [0.25, 0.3) is 0 Å². The standard InChI is InChI=1S/C9H18O/c1-6-9(4,5)8(10)7(2)3/h8,10H,2,6H2,1,3-5H3. The molecular formula is C9H18O. The van der Waals surface area contributed by atoms with Crippen molar-refractivity contribution >= 4 is 0 Å². The van der Waals surface area contributed by atoms with Crippen molar-refractivity contribution in [2.75, 3.05) is 0 Å². The summed E-state index contributed by atoms with van der Waals surface area (Å²) in [5, 5.41) is 9.55. The fraction of sp³-hybridized carbons (Fsp3) is 0.778. The van der Waals surface area contributed by atoms with Crippen molar-refractivity contribution in [1.29, 1.82) is 0 Å². The highest BCUT2D eigenvalue weighted by atomic mass is 16.3. The molecule has 10 heavy (non-hydrogen) atoms. The van der Waals surface area contributed by atoms with Gasteiger partial charge in [-0.15, -0.1) is 0 Å². The van der Waals surface area contributed by atoms with Gasteiger partial charge >= 0.3 is 0 Å². The molecule has 1 nitrogen and oxygen atoms in total. The van der Waals surface area contributed by atoms with Crippen LogP contribution >= 0.6 is 0 Å². The predicted molar refractivity (Wildman–Crippen MR) is 44.9 cm³/mol. The van der Waals surface area contributed by atoms with E-state index in [9.17, 15) is 5.11 Å². The minimum atomic E-state index is -0.363. The Balaban J connectivity index is 4.17. The molecule has 0 saturated carbocycles. The lowest BCUT2D eigenvalue weighted by Crippen LogP contribution is -2.29. The normalized spacial score (nSPS) is 14.9. The van der Waals surface area contributed by atoms with Gasteiger partial charge in [0.1, 0.15) is 0 Å². The third-order valence-corrected chi connectivity index (χ3v) is 2.12. The number of hydrogen-bond acceptors (Lipinski definition) is 1. The van der Waals surface area contributed by atoms with Crippen molar-refractivity contribution in [2.45, 2.75) is 40.2 Å². The monoisotopic (exact) mass is 142 g/mol. The summed E-state index contributed by atoms with van der Waals surface area (Å²) in [5.41, 5.74) is 0.832. The third kappa shape index (κ3) is 2.14. The first-order valence-corrected chi connectivity index (χ1v) is 3.75. The van der Waals surface area contributed by atoms with Crippen LogP contribution in [-0.4, -0.2) is 11.2 Å². The summed E-state index contributed by atoms with van der Waals surface area (Å²) in [4.78, 5) is 0. The van der Waals surface area contributed by atoms with Gasteiger partial charge in [-0.1, -0.05) is 32.9 Å². The zero-order valence-electron chi connectivity index (χ0n) is 7.44. The summed E-state index contributed by atoms with van der Waals surface area (Å²) in [7, 11) is 0. The van der Waals surface area contributed by atoms with Crippen LogP contribution in [0.3, 0.4) is 0 Å². The number of rotatable bonds is 3. The van der Waals surface area contributed by atoms with Crippen molar-refractivity contribution in [1.82, 2.24) is 0 Å². The molecule has 1 heteroatoms. The zero-order chi connectivity index (χ0) is 8.36. The lowest BCUT2D eigenvalue weighted by molar-refractivity contribution is 0.0782. The highest BCUT2D eigenvalue weighted by Gasteiger charge is 2.25. The van der Waals surface area contributed by atoms with Crippen molar-refractivity contribution < 1.29 is 5.11 Å². The van der Waals surface area contributed by atoms with E-state index in [1.54, 1.807) is 0 Å². The summed E-state index contributed by atoms with van der Waals surface area (Å²) < 4.78 is 0. The van der Waals surface area contributed by atoms with Gasteiger partial charge in [-0.05, 0) is 18.8 Å². The Labute approximate surface area is 63.8 Å². The van der Waals surface area contributed by atoms with E-state index in [2.05, 4.69) is 13.5 Å². The SMILES string of the molecule is C=C(C)C(O)C(C)(C)CC. The Morgan fingerprint density at radius 2 is 2.00 bits per heavy atom. The quantitative estimate of drug-likeness (QED) is 0.600. The topological polar surface area (TPSA) is 20.2 Å². The molecule has 0 aliphatic heterocycles. The Morgan fingerprint density at radius 1 is 1.60 bits per heavy atom. The van der Waals surface area contributed by atoms with Gasteiger partial charge in [-0.3, -0.25) is 0 Å². The van der Waals surface area contributed by atoms with Crippen LogP contribution in [0, 0.1) is 5.41 Å². The van der Waals surface area contributed by atoms with E-state index in [0.29, 0.717) is 0 Å².